The highest BCUT2D eigenvalue weighted by Crippen LogP contribution is 2.04. The summed E-state index contributed by atoms with van der Waals surface area (Å²) in [5.41, 5.74) is 5.59. The maximum Gasteiger partial charge on any atom is 0.145 e. The van der Waals surface area contributed by atoms with Crippen molar-refractivity contribution in [1.82, 2.24) is 19.6 Å². The predicted octanol–water partition coefficient (Wildman–Crippen LogP) is -0.145. The molecule has 2 rings (SSSR count). The second kappa shape index (κ2) is 7.47. The molecule has 1 aliphatic heterocycles. The van der Waals surface area contributed by atoms with E-state index in [4.69, 9.17) is 10.8 Å². The van der Waals surface area contributed by atoms with Crippen molar-refractivity contribution in [3.63, 3.8) is 0 Å². The SMILES string of the molecule is Nc1ccn(CCCN2CCCN(CCO)CC2)n1. The molecule has 0 unspecified atom stereocenters. The van der Waals surface area contributed by atoms with Gasteiger partial charge in [-0.15, -0.1) is 0 Å². The number of rotatable bonds is 6. The van der Waals surface area contributed by atoms with Crippen LogP contribution in [-0.2, 0) is 6.54 Å². The van der Waals surface area contributed by atoms with E-state index < -0.39 is 0 Å². The molecule has 1 aromatic heterocycles. The molecule has 6 nitrogen and oxygen atoms in total. The van der Waals surface area contributed by atoms with Crippen LogP contribution in [0.2, 0.25) is 0 Å². The van der Waals surface area contributed by atoms with Crippen LogP contribution in [0.25, 0.3) is 0 Å². The maximum atomic E-state index is 8.97. The minimum absolute atomic E-state index is 0.265. The molecule has 0 aromatic carbocycles. The van der Waals surface area contributed by atoms with Crippen LogP contribution >= 0.6 is 0 Å². The Morgan fingerprint density at radius 1 is 1.11 bits per heavy atom. The zero-order chi connectivity index (χ0) is 13.5. The van der Waals surface area contributed by atoms with Crippen LogP contribution in [0.4, 0.5) is 5.82 Å². The molecule has 0 saturated carbocycles. The summed E-state index contributed by atoms with van der Waals surface area (Å²) in [6.45, 7) is 7.52. The van der Waals surface area contributed by atoms with Crippen LogP contribution in [0.1, 0.15) is 12.8 Å². The summed E-state index contributed by atoms with van der Waals surface area (Å²) in [7, 11) is 0. The highest BCUT2D eigenvalue weighted by atomic mass is 16.3. The van der Waals surface area contributed by atoms with E-state index in [0.29, 0.717) is 5.82 Å². The van der Waals surface area contributed by atoms with E-state index >= 15 is 0 Å². The first-order chi connectivity index (χ1) is 9.28. The van der Waals surface area contributed by atoms with Gasteiger partial charge in [0, 0.05) is 32.4 Å². The van der Waals surface area contributed by atoms with E-state index in [-0.39, 0.29) is 6.61 Å². The molecular weight excluding hydrogens is 242 g/mol. The number of aliphatic hydroxyl groups is 1. The monoisotopic (exact) mass is 267 g/mol. The van der Waals surface area contributed by atoms with Crippen molar-refractivity contribution in [2.45, 2.75) is 19.4 Å². The number of aryl methyl sites for hydroxylation is 1. The quantitative estimate of drug-likeness (QED) is 0.750. The Bertz CT molecular complexity index is 368. The first kappa shape index (κ1) is 14.3. The number of anilines is 1. The van der Waals surface area contributed by atoms with Crippen LogP contribution in [0, 0.1) is 0 Å². The van der Waals surface area contributed by atoms with Gasteiger partial charge in [-0.05, 0) is 38.5 Å². The number of aliphatic hydroxyl groups excluding tert-OH is 1. The lowest BCUT2D eigenvalue weighted by Gasteiger charge is -2.21. The molecule has 0 spiro atoms. The lowest BCUT2D eigenvalue weighted by molar-refractivity contribution is 0.196. The zero-order valence-electron chi connectivity index (χ0n) is 11.5. The summed E-state index contributed by atoms with van der Waals surface area (Å²) in [5.74, 6) is 0.592. The molecule has 2 heterocycles. The molecule has 3 N–H and O–H groups in total. The molecule has 19 heavy (non-hydrogen) atoms. The van der Waals surface area contributed by atoms with Crippen LogP contribution in [0.3, 0.4) is 0 Å². The number of β-amino-alcohol motifs (C(OH)–C–C–N with tert-alkyl or cyclic N) is 1. The third-order valence-electron chi connectivity index (χ3n) is 3.62. The molecular formula is C13H25N5O. The third kappa shape index (κ3) is 4.81. The lowest BCUT2D eigenvalue weighted by atomic mass is 10.3. The summed E-state index contributed by atoms with van der Waals surface area (Å²) in [6, 6.07) is 1.83. The molecule has 108 valence electrons. The second-order valence-corrected chi connectivity index (χ2v) is 5.12. The summed E-state index contributed by atoms with van der Waals surface area (Å²) in [6.07, 6.45) is 4.22. The predicted molar refractivity (Wildman–Crippen MR) is 75.8 cm³/mol. The van der Waals surface area contributed by atoms with Crippen LogP contribution in [0.15, 0.2) is 12.3 Å². The average Bonchev–Trinajstić information content (AvgIpc) is 2.67. The summed E-state index contributed by atoms with van der Waals surface area (Å²) < 4.78 is 1.91. The third-order valence-corrected chi connectivity index (χ3v) is 3.62. The smallest absolute Gasteiger partial charge is 0.145 e. The molecule has 0 atom stereocenters. The molecule has 0 bridgehead atoms. The van der Waals surface area contributed by atoms with Gasteiger partial charge in [-0.25, -0.2) is 0 Å². The van der Waals surface area contributed by atoms with Gasteiger partial charge in [0.2, 0.25) is 0 Å². The Morgan fingerprint density at radius 2 is 1.84 bits per heavy atom. The summed E-state index contributed by atoms with van der Waals surface area (Å²) >= 11 is 0. The van der Waals surface area contributed by atoms with Crippen molar-refractivity contribution in [2.75, 3.05) is 51.6 Å². The van der Waals surface area contributed by atoms with Crippen LogP contribution in [0.5, 0.6) is 0 Å². The Kier molecular flexibility index (Phi) is 5.62. The molecule has 1 aromatic rings. The first-order valence-electron chi connectivity index (χ1n) is 7.12. The van der Waals surface area contributed by atoms with E-state index in [9.17, 15) is 0 Å². The van der Waals surface area contributed by atoms with E-state index in [2.05, 4.69) is 14.9 Å². The minimum atomic E-state index is 0.265. The number of nitrogens with two attached hydrogens (primary N) is 1. The van der Waals surface area contributed by atoms with Gasteiger partial charge in [-0.2, -0.15) is 5.10 Å². The molecule has 0 aliphatic carbocycles. The molecule has 1 fully saturated rings. The van der Waals surface area contributed by atoms with Crippen molar-refractivity contribution in [3.8, 4) is 0 Å². The topological polar surface area (TPSA) is 70.5 Å². The summed E-state index contributed by atoms with van der Waals surface area (Å²) in [4.78, 5) is 4.85. The van der Waals surface area contributed by atoms with Crippen LogP contribution in [-0.4, -0.2) is 70.6 Å². The van der Waals surface area contributed by atoms with Crippen molar-refractivity contribution in [3.05, 3.63) is 12.3 Å². The number of aromatic nitrogens is 2. The molecule has 1 saturated heterocycles. The average molecular weight is 267 g/mol. The fraction of sp³-hybridized carbons (Fsp3) is 0.769. The van der Waals surface area contributed by atoms with Crippen molar-refractivity contribution in [1.29, 1.82) is 0 Å². The van der Waals surface area contributed by atoms with Crippen molar-refractivity contribution in [2.24, 2.45) is 0 Å². The van der Waals surface area contributed by atoms with Gasteiger partial charge >= 0.3 is 0 Å². The maximum absolute atomic E-state index is 8.97. The molecule has 0 radical (unpaired) electrons. The molecule has 1 aliphatic rings. The Morgan fingerprint density at radius 3 is 2.47 bits per heavy atom. The van der Waals surface area contributed by atoms with Gasteiger partial charge in [0.05, 0.1) is 6.61 Å². The Balaban J connectivity index is 1.65. The van der Waals surface area contributed by atoms with E-state index in [1.54, 1.807) is 0 Å². The number of hydrogen-bond acceptors (Lipinski definition) is 5. The standard InChI is InChI=1S/C13H25N5O/c14-13-3-8-18(15-13)7-2-6-16-4-1-5-17(10-9-16)11-12-19/h3,8,19H,1-2,4-7,9-12H2,(H2,14,15). The Labute approximate surface area is 114 Å². The largest absolute Gasteiger partial charge is 0.395 e. The summed E-state index contributed by atoms with van der Waals surface area (Å²) in [5, 5.41) is 13.2. The van der Waals surface area contributed by atoms with E-state index in [1.807, 2.05) is 16.9 Å². The number of hydrogen-bond donors (Lipinski definition) is 2. The van der Waals surface area contributed by atoms with Gasteiger partial charge < -0.3 is 15.7 Å². The van der Waals surface area contributed by atoms with Gasteiger partial charge in [0.25, 0.3) is 0 Å². The molecule has 0 amide bonds. The van der Waals surface area contributed by atoms with Gasteiger partial charge in [-0.1, -0.05) is 0 Å². The minimum Gasteiger partial charge on any atom is -0.395 e. The second-order valence-electron chi connectivity index (χ2n) is 5.12. The van der Waals surface area contributed by atoms with E-state index in [0.717, 1.165) is 52.2 Å². The van der Waals surface area contributed by atoms with Crippen molar-refractivity contribution < 1.29 is 5.11 Å². The van der Waals surface area contributed by atoms with Gasteiger partial charge in [0.15, 0.2) is 0 Å². The highest BCUT2D eigenvalue weighted by Gasteiger charge is 2.13. The normalized spacial score (nSPS) is 18.6. The fourth-order valence-corrected chi connectivity index (χ4v) is 2.57. The van der Waals surface area contributed by atoms with Gasteiger partial charge in [-0.3, -0.25) is 9.58 Å². The number of nitrogen functional groups attached to an aromatic ring is 1. The zero-order valence-corrected chi connectivity index (χ0v) is 11.5. The number of nitrogens with zero attached hydrogens (tertiary/aromatic N) is 4. The lowest BCUT2D eigenvalue weighted by Crippen LogP contribution is -2.33. The molecule has 6 heteroatoms. The van der Waals surface area contributed by atoms with E-state index in [1.165, 1.54) is 6.42 Å². The van der Waals surface area contributed by atoms with Gasteiger partial charge in [0.1, 0.15) is 5.82 Å². The first-order valence-corrected chi connectivity index (χ1v) is 7.12. The Hall–Kier alpha value is -1.11. The highest BCUT2D eigenvalue weighted by molar-refractivity contribution is 5.23. The fourth-order valence-electron chi connectivity index (χ4n) is 2.57. The van der Waals surface area contributed by atoms with Crippen molar-refractivity contribution >= 4 is 5.82 Å². The van der Waals surface area contributed by atoms with Crippen LogP contribution < -0.4 is 5.73 Å².